The summed E-state index contributed by atoms with van der Waals surface area (Å²) in [4.78, 5) is 26.6. The lowest BCUT2D eigenvalue weighted by atomic mass is 10.1. The third-order valence-corrected chi connectivity index (χ3v) is 7.26. The fourth-order valence-corrected chi connectivity index (χ4v) is 5.02. The molecule has 1 N–H and O–H groups in total. The van der Waals surface area contributed by atoms with E-state index in [0.717, 1.165) is 5.56 Å². The van der Waals surface area contributed by atoms with Gasteiger partial charge in [0.05, 0.1) is 22.4 Å². The Morgan fingerprint density at radius 1 is 1.00 bits per heavy atom. The molecule has 2 aromatic carbocycles. The average Bonchev–Trinajstić information content (AvgIpc) is 2.76. The molecule has 0 spiro atoms. The number of fused-ring (bicyclic) bond motifs is 1. The van der Waals surface area contributed by atoms with Crippen LogP contribution >= 0.6 is 0 Å². The maximum Gasteiger partial charge on any atom is 0.272 e. The van der Waals surface area contributed by atoms with Crippen LogP contribution in [0.15, 0.2) is 58.2 Å². The number of piperazine rings is 1. The molecule has 9 heteroatoms. The number of sulfonamides is 1. The Morgan fingerprint density at radius 3 is 2.30 bits per heavy atom. The summed E-state index contributed by atoms with van der Waals surface area (Å²) in [7, 11) is -3.58. The van der Waals surface area contributed by atoms with E-state index < -0.39 is 10.0 Å². The highest BCUT2D eigenvalue weighted by atomic mass is 32.2. The van der Waals surface area contributed by atoms with E-state index in [9.17, 15) is 18.0 Å². The molecule has 1 fully saturated rings. The topological polar surface area (TPSA) is 103 Å². The summed E-state index contributed by atoms with van der Waals surface area (Å²) < 4.78 is 27.1. The molecule has 2 heterocycles. The minimum absolute atomic E-state index is 0.0437. The van der Waals surface area contributed by atoms with E-state index in [-0.39, 0.29) is 35.9 Å². The van der Waals surface area contributed by atoms with Gasteiger partial charge in [-0.05, 0) is 25.1 Å². The summed E-state index contributed by atoms with van der Waals surface area (Å²) in [5.41, 5.74) is 1.20. The number of carbonyl (C=O) groups is 1. The Kier molecular flexibility index (Phi) is 5.40. The average molecular weight is 426 g/mol. The first kappa shape index (κ1) is 20.2. The van der Waals surface area contributed by atoms with Gasteiger partial charge in [-0.25, -0.2) is 13.5 Å². The summed E-state index contributed by atoms with van der Waals surface area (Å²) in [6.45, 7) is 3.00. The molecule has 3 aromatic rings. The molecule has 0 atom stereocenters. The number of aryl methyl sites for hydroxylation is 1. The number of amides is 1. The Balaban J connectivity index is 1.45. The number of hydrogen-bond donors (Lipinski definition) is 1. The smallest absolute Gasteiger partial charge is 0.272 e. The normalized spacial score (nSPS) is 15.4. The molecule has 8 nitrogen and oxygen atoms in total. The molecule has 1 aliphatic rings. The van der Waals surface area contributed by atoms with E-state index >= 15 is 0 Å². The zero-order valence-corrected chi connectivity index (χ0v) is 17.4. The number of benzene rings is 2. The van der Waals surface area contributed by atoms with Crippen LogP contribution in [0.1, 0.15) is 11.3 Å². The first-order chi connectivity index (χ1) is 14.4. The van der Waals surface area contributed by atoms with Gasteiger partial charge >= 0.3 is 0 Å². The summed E-state index contributed by atoms with van der Waals surface area (Å²) in [5, 5.41) is 7.63. The molecule has 1 amide bonds. The van der Waals surface area contributed by atoms with Crippen LogP contribution in [0.25, 0.3) is 10.8 Å². The SMILES string of the molecule is Cc1ccc(S(=O)(=O)N2CCN(C(=O)Cc3n[nH]c(=O)c4ccccc34)CC2)cc1. The summed E-state index contributed by atoms with van der Waals surface area (Å²) in [6, 6.07) is 13.8. The van der Waals surface area contributed by atoms with Crippen molar-refractivity contribution in [1.29, 1.82) is 0 Å². The quantitative estimate of drug-likeness (QED) is 0.677. The van der Waals surface area contributed by atoms with Gasteiger partial charge in [0, 0.05) is 31.6 Å². The Morgan fingerprint density at radius 2 is 1.63 bits per heavy atom. The van der Waals surface area contributed by atoms with E-state index in [0.29, 0.717) is 29.6 Å². The van der Waals surface area contributed by atoms with E-state index in [1.807, 2.05) is 6.92 Å². The van der Waals surface area contributed by atoms with E-state index in [1.54, 1.807) is 53.4 Å². The highest BCUT2D eigenvalue weighted by Gasteiger charge is 2.30. The molecule has 1 aliphatic heterocycles. The van der Waals surface area contributed by atoms with Gasteiger partial charge in [-0.2, -0.15) is 9.40 Å². The van der Waals surface area contributed by atoms with Crippen LogP contribution in [0.5, 0.6) is 0 Å². The number of nitrogens with one attached hydrogen (secondary N) is 1. The van der Waals surface area contributed by atoms with Crippen molar-refractivity contribution in [3.05, 3.63) is 70.1 Å². The molecule has 1 saturated heterocycles. The van der Waals surface area contributed by atoms with E-state index in [2.05, 4.69) is 10.2 Å². The number of rotatable bonds is 4. The number of nitrogens with zero attached hydrogens (tertiary/aromatic N) is 3. The molecule has 0 bridgehead atoms. The van der Waals surface area contributed by atoms with Crippen LogP contribution in [0.2, 0.25) is 0 Å². The fraction of sp³-hybridized carbons (Fsp3) is 0.286. The second-order valence-corrected chi connectivity index (χ2v) is 9.26. The minimum atomic E-state index is -3.58. The highest BCUT2D eigenvalue weighted by molar-refractivity contribution is 7.89. The number of hydrogen-bond acceptors (Lipinski definition) is 5. The number of H-pyrrole nitrogens is 1. The van der Waals surface area contributed by atoms with Crippen molar-refractivity contribution in [2.75, 3.05) is 26.2 Å². The van der Waals surface area contributed by atoms with Crippen LogP contribution in [0.4, 0.5) is 0 Å². The Hall–Kier alpha value is -3.04. The zero-order chi connectivity index (χ0) is 21.3. The third kappa shape index (κ3) is 3.86. The molecular formula is C21H22N4O4S. The lowest BCUT2D eigenvalue weighted by Gasteiger charge is -2.34. The van der Waals surface area contributed by atoms with Crippen molar-refractivity contribution in [3.8, 4) is 0 Å². The number of carbonyl (C=O) groups excluding carboxylic acids is 1. The first-order valence-electron chi connectivity index (χ1n) is 9.67. The van der Waals surface area contributed by atoms with Gasteiger partial charge in [-0.15, -0.1) is 0 Å². The Bertz CT molecular complexity index is 1240. The van der Waals surface area contributed by atoms with E-state index in [4.69, 9.17) is 0 Å². The van der Waals surface area contributed by atoms with Crippen LogP contribution in [-0.2, 0) is 21.2 Å². The van der Waals surface area contributed by atoms with Crippen LogP contribution in [0, 0.1) is 6.92 Å². The van der Waals surface area contributed by atoms with Crippen molar-refractivity contribution >= 4 is 26.7 Å². The second-order valence-electron chi connectivity index (χ2n) is 7.32. The van der Waals surface area contributed by atoms with Gasteiger partial charge in [0.25, 0.3) is 5.56 Å². The molecule has 0 aliphatic carbocycles. The van der Waals surface area contributed by atoms with Crippen LogP contribution in [-0.4, -0.2) is 59.9 Å². The van der Waals surface area contributed by atoms with Gasteiger partial charge in [0.1, 0.15) is 0 Å². The standard InChI is InChI=1S/C21H22N4O4S/c1-15-6-8-16(9-7-15)30(28,29)25-12-10-24(11-13-25)20(26)14-19-17-4-2-3-5-18(17)21(27)23-22-19/h2-9H,10-14H2,1H3,(H,23,27). The molecule has 0 unspecified atom stereocenters. The third-order valence-electron chi connectivity index (χ3n) is 5.34. The lowest BCUT2D eigenvalue weighted by molar-refractivity contribution is -0.131. The largest absolute Gasteiger partial charge is 0.340 e. The maximum absolute atomic E-state index is 12.8. The number of aromatic nitrogens is 2. The molecular weight excluding hydrogens is 404 g/mol. The van der Waals surface area contributed by atoms with Gasteiger partial charge in [0.15, 0.2) is 0 Å². The molecule has 156 valence electrons. The molecule has 30 heavy (non-hydrogen) atoms. The van der Waals surface area contributed by atoms with E-state index in [1.165, 1.54) is 4.31 Å². The van der Waals surface area contributed by atoms with Crippen molar-refractivity contribution < 1.29 is 13.2 Å². The number of aromatic amines is 1. The Labute approximate surface area is 174 Å². The summed E-state index contributed by atoms with van der Waals surface area (Å²) in [6.07, 6.45) is 0.0437. The van der Waals surface area contributed by atoms with Crippen molar-refractivity contribution in [2.24, 2.45) is 0 Å². The van der Waals surface area contributed by atoms with Crippen molar-refractivity contribution in [1.82, 2.24) is 19.4 Å². The molecule has 0 saturated carbocycles. The molecule has 4 rings (SSSR count). The predicted octanol–water partition coefficient (Wildman–Crippen LogP) is 1.31. The van der Waals surface area contributed by atoms with Gasteiger partial charge < -0.3 is 4.90 Å². The van der Waals surface area contributed by atoms with Crippen LogP contribution in [0.3, 0.4) is 0 Å². The highest BCUT2D eigenvalue weighted by Crippen LogP contribution is 2.19. The molecule has 1 aromatic heterocycles. The van der Waals surface area contributed by atoms with Crippen molar-refractivity contribution in [2.45, 2.75) is 18.2 Å². The van der Waals surface area contributed by atoms with Gasteiger partial charge in [0.2, 0.25) is 15.9 Å². The predicted molar refractivity (Wildman–Crippen MR) is 113 cm³/mol. The summed E-state index contributed by atoms with van der Waals surface area (Å²) in [5.74, 6) is -0.146. The van der Waals surface area contributed by atoms with Gasteiger partial charge in [-0.3, -0.25) is 9.59 Å². The van der Waals surface area contributed by atoms with Gasteiger partial charge in [-0.1, -0.05) is 35.9 Å². The second kappa shape index (κ2) is 8.00. The lowest BCUT2D eigenvalue weighted by Crippen LogP contribution is -2.50. The zero-order valence-electron chi connectivity index (χ0n) is 16.5. The van der Waals surface area contributed by atoms with Crippen LogP contribution < -0.4 is 5.56 Å². The minimum Gasteiger partial charge on any atom is -0.340 e. The fourth-order valence-electron chi connectivity index (χ4n) is 3.60. The monoisotopic (exact) mass is 426 g/mol. The first-order valence-corrected chi connectivity index (χ1v) is 11.1. The molecule has 0 radical (unpaired) electrons. The summed E-state index contributed by atoms with van der Waals surface area (Å²) >= 11 is 0. The maximum atomic E-state index is 12.8. The van der Waals surface area contributed by atoms with Crippen molar-refractivity contribution in [3.63, 3.8) is 0 Å².